The van der Waals surface area contributed by atoms with E-state index >= 15 is 0 Å². The zero-order chi connectivity index (χ0) is 24.0. The van der Waals surface area contributed by atoms with Gasteiger partial charge >= 0.3 is 0 Å². The molecule has 0 amide bonds. The first-order valence-electron chi connectivity index (χ1n) is 11.1. The molecule has 2 N–H and O–H groups in total. The van der Waals surface area contributed by atoms with Gasteiger partial charge in [-0.15, -0.1) is 0 Å². The van der Waals surface area contributed by atoms with E-state index in [4.69, 9.17) is 10.1 Å². The Morgan fingerprint density at radius 2 is 1.69 bits per heavy atom. The molecule has 0 radical (unpaired) electrons. The van der Waals surface area contributed by atoms with Crippen molar-refractivity contribution in [2.45, 2.75) is 72.8 Å². The maximum atomic E-state index is 13.3. The van der Waals surface area contributed by atoms with Crippen LogP contribution in [0.4, 0.5) is 0 Å². The molecule has 0 saturated carbocycles. The van der Waals surface area contributed by atoms with Crippen LogP contribution in [0.1, 0.15) is 86.9 Å². The Balaban J connectivity index is 1.93. The molecule has 6 heteroatoms. The van der Waals surface area contributed by atoms with Gasteiger partial charge in [-0.2, -0.15) is 0 Å². The number of ether oxygens (including phenoxy) is 1. The van der Waals surface area contributed by atoms with Gasteiger partial charge in [-0.3, -0.25) is 10.2 Å². The first-order valence-corrected chi connectivity index (χ1v) is 11.1. The number of rotatable bonds is 5. The number of nitrogens with zero attached hydrogens (tertiary/aromatic N) is 2. The van der Waals surface area contributed by atoms with Crippen LogP contribution >= 0.6 is 0 Å². The van der Waals surface area contributed by atoms with Crippen LogP contribution in [-0.2, 0) is 17.4 Å². The monoisotopic (exact) mass is 437 g/mol. The Labute approximate surface area is 191 Å². The Kier molecular flexibility index (Phi) is 6.11. The molecular formula is C26H35N3O3. The second kappa shape index (κ2) is 8.23. The number of aromatic nitrogens is 1. The van der Waals surface area contributed by atoms with Gasteiger partial charge in [0.1, 0.15) is 23.0 Å². The van der Waals surface area contributed by atoms with Crippen molar-refractivity contribution in [2.24, 2.45) is 0 Å². The quantitative estimate of drug-likeness (QED) is 0.635. The number of benzene rings is 1. The summed E-state index contributed by atoms with van der Waals surface area (Å²) < 4.78 is 5.64. The van der Waals surface area contributed by atoms with E-state index in [1.54, 1.807) is 17.0 Å². The number of hydrogen-bond donors (Lipinski definition) is 2. The number of phenolic OH excluding ortho intramolecular Hbond substituents is 1. The highest BCUT2D eigenvalue weighted by molar-refractivity contribution is 6.04. The Morgan fingerprint density at radius 1 is 1.12 bits per heavy atom. The molecule has 0 fully saturated rings. The predicted octanol–water partition coefficient (Wildman–Crippen LogP) is 5.11. The summed E-state index contributed by atoms with van der Waals surface area (Å²) in [6.45, 7) is 17.0. The van der Waals surface area contributed by atoms with Crippen LogP contribution in [0.2, 0.25) is 0 Å². The summed E-state index contributed by atoms with van der Waals surface area (Å²) in [5.41, 5.74) is 3.69. The lowest BCUT2D eigenvalue weighted by Crippen LogP contribution is -2.31. The maximum Gasteiger partial charge on any atom is 0.182 e. The topological polar surface area (TPSA) is 86.5 Å². The molecule has 0 atom stereocenters. The van der Waals surface area contributed by atoms with E-state index in [1.807, 2.05) is 61.5 Å². The standard InChI is InChI=1S/C26H35N3O3/c1-9-32-21-12-17-13-29(24(27)22(17)28-15(21)2)14-20(30)16-10-18(25(3,4)5)23(31)19(11-16)26(6,7)8/h10-12,27,31H,9,13-14H2,1-8H3. The highest BCUT2D eigenvalue weighted by Gasteiger charge is 2.31. The summed E-state index contributed by atoms with van der Waals surface area (Å²) in [6.07, 6.45) is 0. The molecule has 0 spiro atoms. The number of Topliss-reactive ketones (excluding diaryl/α,β-unsaturated/α-hetero) is 1. The molecular weight excluding hydrogens is 402 g/mol. The van der Waals surface area contributed by atoms with E-state index in [2.05, 4.69) is 4.98 Å². The SMILES string of the molecule is CCOc1cc2c(nc1C)C(=N)N(CC(=O)c1cc(C(C)(C)C)c(O)c(C(C)(C)C)c1)C2. The van der Waals surface area contributed by atoms with Crippen molar-refractivity contribution in [1.29, 1.82) is 5.41 Å². The van der Waals surface area contributed by atoms with E-state index in [0.29, 0.717) is 24.4 Å². The van der Waals surface area contributed by atoms with Crippen LogP contribution in [0.15, 0.2) is 18.2 Å². The van der Waals surface area contributed by atoms with Gasteiger partial charge in [0.15, 0.2) is 5.78 Å². The van der Waals surface area contributed by atoms with Gasteiger partial charge in [-0.25, -0.2) is 4.98 Å². The zero-order valence-electron chi connectivity index (χ0n) is 20.5. The molecule has 1 aromatic carbocycles. The van der Waals surface area contributed by atoms with Crippen LogP contribution < -0.4 is 4.74 Å². The highest BCUT2D eigenvalue weighted by Crippen LogP contribution is 2.40. The van der Waals surface area contributed by atoms with Crippen molar-refractivity contribution < 1.29 is 14.6 Å². The summed E-state index contributed by atoms with van der Waals surface area (Å²) >= 11 is 0. The van der Waals surface area contributed by atoms with Crippen molar-refractivity contribution in [3.63, 3.8) is 0 Å². The molecule has 1 aliphatic heterocycles. The molecule has 0 aliphatic carbocycles. The van der Waals surface area contributed by atoms with Crippen molar-refractivity contribution in [1.82, 2.24) is 9.88 Å². The summed E-state index contributed by atoms with van der Waals surface area (Å²) in [7, 11) is 0. The second-order valence-corrected chi connectivity index (χ2v) is 10.6. The third kappa shape index (κ3) is 4.50. The van der Waals surface area contributed by atoms with Crippen LogP contribution in [0, 0.1) is 12.3 Å². The molecule has 1 aromatic heterocycles. The second-order valence-electron chi connectivity index (χ2n) is 10.6. The number of carbonyl (C=O) groups excluding carboxylic acids is 1. The van der Waals surface area contributed by atoms with Crippen LogP contribution in [0.25, 0.3) is 0 Å². The number of nitrogens with one attached hydrogen (secondary N) is 1. The maximum absolute atomic E-state index is 13.3. The Morgan fingerprint density at radius 3 is 2.19 bits per heavy atom. The average molecular weight is 438 g/mol. The molecule has 172 valence electrons. The minimum absolute atomic E-state index is 0.0795. The van der Waals surface area contributed by atoms with Crippen molar-refractivity contribution in [3.05, 3.63) is 51.8 Å². The fourth-order valence-corrected chi connectivity index (χ4v) is 4.03. The normalized spacial score (nSPS) is 14.0. The molecule has 3 rings (SSSR count). The third-order valence-corrected chi connectivity index (χ3v) is 5.83. The number of aryl methyl sites for hydroxylation is 1. The first-order chi connectivity index (χ1) is 14.7. The lowest BCUT2D eigenvalue weighted by atomic mass is 9.78. The lowest BCUT2D eigenvalue weighted by molar-refractivity contribution is 0.0962. The number of hydrogen-bond acceptors (Lipinski definition) is 5. The largest absolute Gasteiger partial charge is 0.507 e. The average Bonchev–Trinajstić information content (AvgIpc) is 2.95. The van der Waals surface area contributed by atoms with Crippen LogP contribution in [0.3, 0.4) is 0 Å². The Hall–Kier alpha value is -2.89. The molecule has 1 aliphatic rings. The molecule has 6 nitrogen and oxygen atoms in total. The summed E-state index contributed by atoms with van der Waals surface area (Å²) in [5, 5.41) is 19.5. The molecule has 2 aromatic rings. The van der Waals surface area contributed by atoms with E-state index in [1.165, 1.54) is 0 Å². The van der Waals surface area contributed by atoms with Crippen molar-refractivity contribution in [3.8, 4) is 11.5 Å². The number of aromatic hydroxyl groups is 1. The Bertz CT molecular complexity index is 1040. The van der Waals surface area contributed by atoms with Gasteiger partial charge in [0.25, 0.3) is 0 Å². The summed E-state index contributed by atoms with van der Waals surface area (Å²) in [4.78, 5) is 19.6. The van der Waals surface area contributed by atoms with Gasteiger partial charge < -0.3 is 14.7 Å². The van der Waals surface area contributed by atoms with E-state index in [9.17, 15) is 9.90 Å². The van der Waals surface area contributed by atoms with Crippen molar-refractivity contribution >= 4 is 11.6 Å². The number of fused-ring (bicyclic) bond motifs is 1. The fourth-order valence-electron chi connectivity index (χ4n) is 4.03. The van der Waals surface area contributed by atoms with Gasteiger partial charge in [0, 0.05) is 28.8 Å². The number of amidine groups is 1. The fraction of sp³-hybridized carbons (Fsp3) is 0.500. The van der Waals surface area contributed by atoms with E-state index in [-0.39, 0.29) is 34.7 Å². The highest BCUT2D eigenvalue weighted by atomic mass is 16.5. The summed E-state index contributed by atoms with van der Waals surface area (Å²) in [5.74, 6) is 1.15. The number of pyridine rings is 1. The molecule has 0 saturated heterocycles. The molecule has 2 heterocycles. The smallest absolute Gasteiger partial charge is 0.182 e. The van der Waals surface area contributed by atoms with Gasteiger partial charge in [0.05, 0.1) is 18.8 Å². The number of phenols is 1. The van der Waals surface area contributed by atoms with E-state index < -0.39 is 0 Å². The van der Waals surface area contributed by atoms with E-state index in [0.717, 1.165) is 28.1 Å². The zero-order valence-corrected chi connectivity index (χ0v) is 20.5. The third-order valence-electron chi connectivity index (χ3n) is 5.83. The van der Waals surface area contributed by atoms with Crippen molar-refractivity contribution in [2.75, 3.05) is 13.2 Å². The van der Waals surface area contributed by atoms with Gasteiger partial charge in [-0.1, -0.05) is 41.5 Å². The predicted molar refractivity (Wildman–Crippen MR) is 127 cm³/mol. The summed E-state index contributed by atoms with van der Waals surface area (Å²) in [6, 6.07) is 5.53. The molecule has 0 unspecified atom stereocenters. The molecule has 32 heavy (non-hydrogen) atoms. The minimum Gasteiger partial charge on any atom is -0.507 e. The van der Waals surface area contributed by atoms with Crippen LogP contribution in [0.5, 0.6) is 11.5 Å². The number of carbonyl (C=O) groups is 1. The minimum atomic E-state index is -0.311. The molecule has 0 bridgehead atoms. The first kappa shape index (κ1) is 23.8. The number of ketones is 1. The van der Waals surface area contributed by atoms with Gasteiger partial charge in [-0.05, 0) is 42.9 Å². The van der Waals surface area contributed by atoms with Gasteiger partial charge in [0.2, 0.25) is 0 Å². The lowest BCUT2D eigenvalue weighted by Gasteiger charge is -2.28. The van der Waals surface area contributed by atoms with Crippen LogP contribution in [-0.4, -0.2) is 39.8 Å².